The number of hydrogen-bond donors (Lipinski definition) is 2. The molecule has 0 aromatic carbocycles. The van der Waals surface area contributed by atoms with Gasteiger partial charge in [-0.15, -0.1) is 0 Å². The van der Waals surface area contributed by atoms with Gasteiger partial charge in [-0.25, -0.2) is 14.8 Å². The first-order valence-corrected chi connectivity index (χ1v) is 10.7. The Balaban J connectivity index is 1.60. The third kappa shape index (κ3) is 3.46. The van der Waals surface area contributed by atoms with Crippen LogP contribution in [-0.2, 0) is 0 Å². The zero-order chi connectivity index (χ0) is 22.7. The average Bonchev–Trinajstić information content (AvgIpc) is 3.36. The number of hydrogen-bond acceptors (Lipinski definition) is 6. The number of carboxylic acids is 1. The van der Waals surface area contributed by atoms with Gasteiger partial charge in [0.15, 0.2) is 11.5 Å². The van der Waals surface area contributed by atoms with Crippen LogP contribution in [0.3, 0.4) is 0 Å². The van der Waals surface area contributed by atoms with Gasteiger partial charge in [0, 0.05) is 24.8 Å². The molecule has 10 heteroatoms. The highest BCUT2D eigenvalue weighted by Gasteiger charge is 2.46. The van der Waals surface area contributed by atoms with E-state index >= 15 is 0 Å². The van der Waals surface area contributed by atoms with E-state index in [2.05, 4.69) is 15.3 Å². The van der Waals surface area contributed by atoms with E-state index < -0.39 is 23.4 Å². The van der Waals surface area contributed by atoms with Crippen molar-refractivity contribution in [3.05, 3.63) is 62.5 Å². The minimum Gasteiger partial charge on any atom is -0.476 e. The zero-order valence-corrected chi connectivity index (χ0v) is 18.2. The van der Waals surface area contributed by atoms with Crippen LogP contribution in [0.2, 0.25) is 5.15 Å². The molecule has 4 heterocycles. The Bertz CT molecular complexity index is 1320. The number of aryl methyl sites for hydroxylation is 1. The largest absolute Gasteiger partial charge is 0.476 e. The molecule has 166 valence electrons. The predicted octanol–water partition coefficient (Wildman–Crippen LogP) is 3.52. The van der Waals surface area contributed by atoms with Crippen molar-refractivity contribution in [2.75, 3.05) is 23.3 Å². The lowest BCUT2D eigenvalue weighted by atomic mass is 10.1. The number of piperidine rings is 1. The summed E-state index contributed by atoms with van der Waals surface area (Å²) in [6, 6.07) is 4.43. The zero-order valence-electron chi connectivity index (χ0n) is 17.5. The molecule has 3 atom stereocenters. The second-order valence-electron chi connectivity index (χ2n) is 8.58. The standard InChI is InChI=1S/C22H21ClFN5O3/c1-10-5-14(11(2)25-15-3-4-16(23)26-18(15)22(31)32)19-27-20(17(24)21(30)29(19)7-10)28-8-12-6-13(12)9-28/h3-5,7,11-13,25H,6,8-9H2,1-2H3,(H,31,32)/t11-,12?,13?/m1/s1. The minimum absolute atomic E-state index is 0.0682. The molecule has 1 aliphatic carbocycles. The highest BCUT2D eigenvalue weighted by molar-refractivity contribution is 6.29. The SMILES string of the molecule is Cc1cc([C@@H](C)Nc2ccc(Cl)nc2C(=O)O)c2nc(N3CC4CC4C3)c(F)c(=O)n2c1. The number of nitrogens with one attached hydrogen (secondary N) is 1. The molecular weight excluding hydrogens is 437 g/mol. The monoisotopic (exact) mass is 457 g/mol. The Morgan fingerprint density at radius 1 is 1.31 bits per heavy atom. The molecule has 0 spiro atoms. The number of halogens is 2. The van der Waals surface area contributed by atoms with Crippen molar-refractivity contribution in [1.82, 2.24) is 14.4 Å². The van der Waals surface area contributed by atoms with Gasteiger partial charge in [0.05, 0.1) is 11.7 Å². The topological polar surface area (TPSA) is 99.8 Å². The molecule has 0 radical (unpaired) electrons. The summed E-state index contributed by atoms with van der Waals surface area (Å²) in [4.78, 5) is 34.8. The smallest absolute Gasteiger partial charge is 0.356 e. The summed E-state index contributed by atoms with van der Waals surface area (Å²) in [5.74, 6) is -0.878. The maximum absolute atomic E-state index is 15.0. The van der Waals surface area contributed by atoms with Crippen molar-refractivity contribution in [2.24, 2.45) is 11.8 Å². The van der Waals surface area contributed by atoms with Gasteiger partial charge >= 0.3 is 5.97 Å². The highest BCUT2D eigenvalue weighted by atomic mass is 35.5. The Kier molecular flexibility index (Phi) is 4.81. The van der Waals surface area contributed by atoms with Crippen molar-refractivity contribution in [3.8, 4) is 0 Å². The lowest BCUT2D eigenvalue weighted by Crippen LogP contribution is -2.30. The fourth-order valence-corrected chi connectivity index (χ4v) is 4.65. The molecule has 1 saturated heterocycles. The maximum atomic E-state index is 15.0. The van der Waals surface area contributed by atoms with E-state index in [-0.39, 0.29) is 22.4 Å². The molecule has 2 N–H and O–H groups in total. The first-order valence-electron chi connectivity index (χ1n) is 10.4. The van der Waals surface area contributed by atoms with Gasteiger partial charge in [-0.05, 0) is 55.9 Å². The molecule has 0 amide bonds. The van der Waals surface area contributed by atoms with Crippen LogP contribution in [0.4, 0.5) is 15.9 Å². The number of carbonyl (C=O) groups is 1. The summed E-state index contributed by atoms with van der Waals surface area (Å²) >= 11 is 5.85. The van der Waals surface area contributed by atoms with E-state index in [1.807, 2.05) is 17.9 Å². The minimum atomic E-state index is -1.22. The van der Waals surface area contributed by atoms with Gasteiger partial charge in [-0.3, -0.25) is 9.20 Å². The van der Waals surface area contributed by atoms with Crippen LogP contribution in [0.5, 0.6) is 0 Å². The Labute approximate surface area is 187 Å². The Morgan fingerprint density at radius 2 is 2.03 bits per heavy atom. The number of pyridine rings is 2. The fourth-order valence-electron chi connectivity index (χ4n) is 4.50. The number of rotatable bonds is 5. The van der Waals surface area contributed by atoms with Gasteiger partial charge in [-0.1, -0.05) is 11.6 Å². The Morgan fingerprint density at radius 3 is 2.72 bits per heavy atom. The molecule has 1 saturated carbocycles. The molecule has 5 rings (SSSR count). The number of carboxylic acid groups (broad SMARTS) is 1. The quantitative estimate of drug-likeness (QED) is 0.565. The van der Waals surface area contributed by atoms with Gasteiger partial charge < -0.3 is 15.3 Å². The molecule has 0 bridgehead atoms. The Hall–Kier alpha value is -3.20. The number of aromatic nitrogens is 3. The number of anilines is 2. The summed E-state index contributed by atoms with van der Waals surface area (Å²) in [7, 11) is 0. The number of fused-ring (bicyclic) bond motifs is 2. The third-order valence-corrected chi connectivity index (χ3v) is 6.41. The summed E-state index contributed by atoms with van der Waals surface area (Å²) in [5.41, 5.74) is 1.03. The van der Waals surface area contributed by atoms with Crippen LogP contribution in [-0.4, -0.2) is 38.5 Å². The van der Waals surface area contributed by atoms with Crippen LogP contribution < -0.4 is 15.8 Å². The molecule has 32 heavy (non-hydrogen) atoms. The summed E-state index contributed by atoms with van der Waals surface area (Å²) in [6.07, 6.45) is 2.71. The van der Waals surface area contributed by atoms with Gasteiger partial charge in [-0.2, -0.15) is 4.39 Å². The molecule has 2 unspecified atom stereocenters. The first kappa shape index (κ1) is 20.7. The lowest BCUT2D eigenvalue weighted by Gasteiger charge is -2.22. The highest BCUT2D eigenvalue weighted by Crippen LogP contribution is 2.46. The van der Waals surface area contributed by atoms with E-state index in [1.54, 1.807) is 13.1 Å². The van der Waals surface area contributed by atoms with E-state index in [1.165, 1.54) is 16.5 Å². The molecule has 2 fully saturated rings. The van der Waals surface area contributed by atoms with Crippen molar-refractivity contribution in [1.29, 1.82) is 0 Å². The summed E-state index contributed by atoms with van der Waals surface area (Å²) in [6.45, 7) is 5.03. The molecular formula is C22H21ClFN5O3. The molecule has 3 aromatic rings. The van der Waals surface area contributed by atoms with Crippen LogP contribution in [0, 0.1) is 24.6 Å². The fraction of sp³-hybridized carbons (Fsp3) is 0.364. The maximum Gasteiger partial charge on any atom is 0.356 e. The van der Waals surface area contributed by atoms with E-state index in [0.29, 0.717) is 36.1 Å². The normalized spacial score (nSPS) is 20.3. The van der Waals surface area contributed by atoms with Gasteiger partial charge in [0.2, 0.25) is 5.82 Å². The molecule has 2 aliphatic rings. The summed E-state index contributed by atoms with van der Waals surface area (Å²) < 4.78 is 16.2. The summed E-state index contributed by atoms with van der Waals surface area (Å²) in [5, 5.41) is 12.7. The average molecular weight is 458 g/mol. The molecule has 3 aromatic heterocycles. The first-order chi connectivity index (χ1) is 15.2. The second kappa shape index (κ2) is 7.44. The second-order valence-corrected chi connectivity index (χ2v) is 8.97. The molecule has 1 aliphatic heterocycles. The lowest BCUT2D eigenvalue weighted by molar-refractivity contribution is 0.0691. The van der Waals surface area contributed by atoms with Gasteiger partial charge in [0.25, 0.3) is 5.56 Å². The third-order valence-electron chi connectivity index (χ3n) is 6.20. The van der Waals surface area contributed by atoms with Crippen molar-refractivity contribution >= 4 is 34.7 Å². The van der Waals surface area contributed by atoms with Crippen LogP contribution in [0.1, 0.15) is 41.0 Å². The van der Waals surface area contributed by atoms with Crippen LogP contribution in [0.15, 0.2) is 29.2 Å². The van der Waals surface area contributed by atoms with E-state index in [0.717, 1.165) is 12.0 Å². The van der Waals surface area contributed by atoms with Crippen molar-refractivity contribution < 1.29 is 14.3 Å². The molecule has 8 nitrogen and oxygen atoms in total. The number of aromatic carboxylic acids is 1. The van der Waals surface area contributed by atoms with Crippen LogP contribution >= 0.6 is 11.6 Å². The predicted molar refractivity (Wildman–Crippen MR) is 118 cm³/mol. The van der Waals surface area contributed by atoms with Crippen molar-refractivity contribution in [2.45, 2.75) is 26.3 Å². The van der Waals surface area contributed by atoms with Crippen molar-refractivity contribution in [3.63, 3.8) is 0 Å². The van der Waals surface area contributed by atoms with E-state index in [9.17, 15) is 19.1 Å². The number of nitrogens with zero attached hydrogens (tertiary/aromatic N) is 4. The van der Waals surface area contributed by atoms with Crippen LogP contribution in [0.25, 0.3) is 5.65 Å². The van der Waals surface area contributed by atoms with E-state index in [4.69, 9.17) is 11.6 Å². The van der Waals surface area contributed by atoms with Gasteiger partial charge in [0.1, 0.15) is 10.8 Å².